The Labute approximate surface area is 138 Å². The van der Waals surface area contributed by atoms with E-state index in [2.05, 4.69) is 31.9 Å². The van der Waals surface area contributed by atoms with Crippen molar-refractivity contribution in [1.82, 2.24) is 4.90 Å². The molecule has 1 rings (SSSR count). The number of carbonyl (C=O) groups excluding carboxylic acids is 1. The summed E-state index contributed by atoms with van der Waals surface area (Å²) in [5.41, 5.74) is 0. The number of amides is 1. The topological polar surface area (TPSA) is 63.7 Å². The van der Waals surface area contributed by atoms with Gasteiger partial charge in [-0.05, 0) is 44.0 Å². The molecule has 0 heterocycles. The molecule has 0 radical (unpaired) electrons. The minimum absolute atomic E-state index is 0.0466. The maximum Gasteiger partial charge on any atom is 0.261 e. The highest BCUT2D eigenvalue weighted by Gasteiger charge is 2.16. The van der Waals surface area contributed by atoms with E-state index in [1.54, 1.807) is 14.1 Å². The van der Waals surface area contributed by atoms with Crippen LogP contribution in [0.3, 0.4) is 0 Å². The van der Waals surface area contributed by atoms with Crippen molar-refractivity contribution in [3.8, 4) is 5.75 Å². The highest BCUT2D eigenvalue weighted by Crippen LogP contribution is 2.36. The quantitative estimate of drug-likeness (QED) is 0.649. The van der Waals surface area contributed by atoms with E-state index in [-0.39, 0.29) is 23.8 Å². The fraction of sp³-hybridized carbons (Fsp3) is 0.364. The molecule has 0 saturated carbocycles. The minimum atomic E-state index is -3.81. The number of hydrogen-bond acceptors (Lipinski definition) is 4. The molecule has 0 aliphatic heterocycles. The molecule has 0 aliphatic carbocycles. The Kier molecular flexibility index (Phi) is 6.30. The maximum absolute atomic E-state index is 11.4. The lowest BCUT2D eigenvalue weighted by Crippen LogP contribution is -2.23. The molecule has 0 atom stereocenters. The number of rotatable bonds is 5. The Balaban J connectivity index is 2.85. The number of carbonyl (C=O) groups is 1. The van der Waals surface area contributed by atoms with Gasteiger partial charge in [-0.15, -0.1) is 0 Å². The van der Waals surface area contributed by atoms with Crippen molar-refractivity contribution in [2.45, 2.75) is 11.3 Å². The molecule has 0 fully saturated rings. The van der Waals surface area contributed by atoms with Crippen LogP contribution in [0.2, 0.25) is 0 Å². The molecule has 0 unspecified atom stereocenters. The highest BCUT2D eigenvalue weighted by molar-refractivity contribution is 9.11. The molecule has 0 bridgehead atoms. The summed E-state index contributed by atoms with van der Waals surface area (Å²) in [6.07, 6.45) is 0.224. The molecule has 20 heavy (non-hydrogen) atoms. The molecule has 0 spiro atoms. The Bertz CT molecular complexity index is 596. The first-order chi connectivity index (χ1) is 9.12. The first kappa shape index (κ1) is 17.7. The van der Waals surface area contributed by atoms with Crippen molar-refractivity contribution in [2.75, 3.05) is 20.7 Å². The molecule has 0 N–H and O–H groups in total. The lowest BCUT2D eigenvalue weighted by Gasteiger charge is -2.13. The van der Waals surface area contributed by atoms with Gasteiger partial charge in [-0.2, -0.15) is 0 Å². The lowest BCUT2D eigenvalue weighted by molar-refractivity contribution is -0.129. The molecule has 1 amide bonds. The smallest absolute Gasteiger partial charge is 0.261 e. The van der Waals surface area contributed by atoms with Gasteiger partial charge < -0.3 is 9.64 Å². The fourth-order valence-electron chi connectivity index (χ4n) is 1.28. The van der Waals surface area contributed by atoms with Gasteiger partial charge in [0.05, 0.1) is 26.9 Å². The zero-order valence-electron chi connectivity index (χ0n) is 10.7. The second-order valence-corrected chi connectivity index (χ2v) is 8.32. The molecule has 0 saturated heterocycles. The molecule has 9 heteroatoms. The molecular formula is C11H12Br2ClNO4S. The van der Waals surface area contributed by atoms with Crippen LogP contribution in [0.4, 0.5) is 0 Å². The van der Waals surface area contributed by atoms with E-state index in [0.717, 1.165) is 0 Å². The minimum Gasteiger partial charge on any atom is -0.491 e. The number of ether oxygens (including phenoxy) is 1. The van der Waals surface area contributed by atoms with Gasteiger partial charge in [-0.1, -0.05) is 0 Å². The van der Waals surface area contributed by atoms with E-state index in [1.807, 2.05) is 0 Å². The maximum atomic E-state index is 11.4. The molecular weight excluding hydrogens is 437 g/mol. The van der Waals surface area contributed by atoms with Gasteiger partial charge in [0.2, 0.25) is 5.91 Å². The van der Waals surface area contributed by atoms with Gasteiger partial charge in [0.25, 0.3) is 9.05 Å². The predicted molar refractivity (Wildman–Crippen MR) is 83.7 cm³/mol. The van der Waals surface area contributed by atoms with Crippen LogP contribution in [0.1, 0.15) is 6.42 Å². The third-order valence-corrected chi connectivity index (χ3v) is 4.83. The SMILES string of the molecule is CN(C)C(=O)CCOc1c(Br)cc(S(=O)(=O)Cl)cc1Br. The molecule has 112 valence electrons. The highest BCUT2D eigenvalue weighted by atomic mass is 79.9. The Hall–Kier alpha value is -0.310. The van der Waals surface area contributed by atoms with Gasteiger partial charge in [0, 0.05) is 24.8 Å². The normalized spacial score (nSPS) is 11.2. The Morgan fingerprint density at radius 3 is 2.20 bits per heavy atom. The second-order valence-electron chi connectivity index (χ2n) is 4.04. The zero-order valence-corrected chi connectivity index (χ0v) is 15.4. The van der Waals surface area contributed by atoms with Crippen LogP contribution >= 0.6 is 42.5 Å². The molecule has 1 aromatic rings. The standard InChI is InChI=1S/C11H12Br2ClNO4S/c1-15(2)10(16)3-4-19-11-8(12)5-7(6-9(11)13)20(14,17)18/h5-6H,3-4H2,1-2H3. The van der Waals surface area contributed by atoms with E-state index < -0.39 is 9.05 Å². The number of nitrogens with zero attached hydrogens (tertiary/aromatic N) is 1. The summed E-state index contributed by atoms with van der Waals surface area (Å²) < 4.78 is 28.9. The van der Waals surface area contributed by atoms with E-state index in [0.29, 0.717) is 14.7 Å². The summed E-state index contributed by atoms with van der Waals surface area (Å²) in [7, 11) is 4.78. The summed E-state index contributed by atoms with van der Waals surface area (Å²) in [5, 5.41) is 0. The average molecular weight is 450 g/mol. The van der Waals surface area contributed by atoms with Crippen molar-refractivity contribution in [1.29, 1.82) is 0 Å². The number of halogens is 3. The van der Waals surface area contributed by atoms with Crippen LogP contribution in [0, 0.1) is 0 Å². The van der Waals surface area contributed by atoms with Crippen LogP contribution in [0.5, 0.6) is 5.75 Å². The summed E-state index contributed by atoms with van der Waals surface area (Å²) >= 11 is 6.43. The first-order valence-electron chi connectivity index (χ1n) is 5.39. The Morgan fingerprint density at radius 1 is 1.30 bits per heavy atom. The van der Waals surface area contributed by atoms with Crippen molar-refractivity contribution in [3.63, 3.8) is 0 Å². The van der Waals surface area contributed by atoms with Crippen LogP contribution in [-0.4, -0.2) is 39.9 Å². The molecule has 0 aromatic heterocycles. The van der Waals surface area contributed by atoms with Gasteiger partial charge in [-0.3, -0.25) is 4.79 Å². The third kappa shape index (κ3) is 4.91. The monoisotopic (exact) mass is 447 g/mol. The average Bonchev–Trinajstić information content (AvgIpc) is 2.30. The van der Waals surface area contributed by atoms with Crippen molar-refractivity contribution in [2.24, 2.45) is 0 Å². The molecule has 1 aromatic carbocycles. The van der Waals surface area contributed by atoms with E-state index in [9.17, 15) is 13.2 Å². The fourth-order valence-corrected chi connectivity index (χ4v) is 3.78. The van der Waals surface area contributed by atoms with Gasteiger partial charge in [0.15, 0.2) is 0 Å². The van der Waals surface area contributed by atoms with Crippen molar-refractivity contribution >= 4 is 57.5 Å². The zero-order chi connectivity index (χ0) is 15.5. The van der Waals surface area contributed by atoms with E-state index in [1.165, 1.54) is 17.0 Å². The van der Waals surface area contributed by atoms with Gasteiger partial charge >= 0.3 is 0 Å². The lowest BCUT2D eigenvalue weighted by atomic mass is 10.3. The van der Waals surface area contributed by atoms with Crippen LogP contribution in [0.25, 0.3) is 0 Å². The molecule has 0 aliphatic rings. The van der Waals surface area contributed by atoms with E-state index in [4.69, 9.17) is 15.4 Å². The van der Waals surface area contributed by atoms with Crippen molar-refractivity contribution < 1.29 is 17.9 Å². The first-order valence-corrected chi connectivity index (χ1v) is 9.29. The predicted octanol–water partition coefficient (Wildman–Crippen LogP) is 3.00. The Morgan fingerprint density at radius 2 is 1.80 bits per heavy atom. The molecule has 5 nitrogen and oxygen atoms in total. The summed E-state index contributed by atoms with van der Waals surface area (Å²) in [5.74, 6) is 0.359. The number of hydrogen-bond donors (Lipinski definition) is 0. The second kappa shape index (κ2) is 7.11. The van der Waals surface area contributed by atoms with E-state index >= 15 is 0 Å². The van der Waals surface area contributed by atoms with Gasteiger partial charge in [-0.25, -0.2) is 8.42 Å². The largest absolute Gasteiger partial charge is 0.491 e. The van der Waals surface area contributed by atoms with Crippen LogP contribution < -0.4 is 4.74 Å². The summed E-state index contributed by atoms with van der Waals surface area (Å²) in [4.78, 5) is 12.8. The summed E-state index contributed by atoms with van der Waals surface area (Å²) in [6, 6.07) is 2.69. The number of benzene rings is 1. The van der Waals surface area contributed by atoms with Gasteiger partial charge in [0.1, 0.15) is 5.75 Å². The third-order valence-electron chi connectivity index (χ3n) is 2.31. The van der Waals surface area contributed by atoms with Crippen LogP contribution in [0.15, 0.2) is 26.0 Å². The summed E-state index contributed by atoms with van der Waals surface area (Å²) in [6.45, 7) is 0.182. The van der Waals surface area contributed by atoms with Crippen LogP contribution in [-0.2, 0) is 13.8 Å². The van der Waals surface area contributed by atoms with Crippen molar-refractivity contribution in [3.05, 3.63) is 21.1 Å².